The minimum Gasteiger partial charge on any atom is -0.322 e. The van der Waals surface area contributed by atoms with Gasteiger partial charge in [0.2, 0.25) is 0 Å². The number of amides is 2. The van der Waals surface area contributed by atoms with E-state index in [2.05, 4.69) is 64.8 Å². The highest BCUT2D eigenvalue weighted by Crippen LogP contribution is 2.29. The Bertz CT molecular complexity index is 982. The van der Waals surface area contributed by atoms with Crippen LogP contribution in [0.4, 0.5) is 10.5 Å². The van der Waals surface area contributed by atoms with Crippen molar-refractivity contribution in [2.75, 3.05) is 31.5 Å². The van der Waals surface area contributed by atoms with E-state index in [0.717, 1.165) is 13.1 Å². The maximum atomic E-state index is 12.7. The molecule has 0 aromatic heterocycles. The normalized spacial score (nSPS) is 14.3. The number of rotatable bonds is 4. The van der Waals surface area contributed by atoms with Gasteiger partial charge in [0.15, 0.2) is 0 Å². The summed E-state index contributed by atoms with van der Waals surface area (Å²) in [5, 5.41) is 12.1. The van der Waals surface area contributed by atoms with Crippen molar-refractivity contribution in [2.45, 2.75) is 6.04 Å². The van der Waals surface area contributed by atoms with Crippen LogP contribution < -0.4 is 5.32 Å². The minimum absolute atomic E-state index is 0.159. The van der Waals surface area contributed by atoms with E-state index in [4.69, 9.17) is 0 Å². The fraction of sp³-hybridized carbons (Fsp3) is 0.200. The Hall–Kier alpha value is -3.62. The van der Waals surface area contributed by atoms with E-state index in [1.165, 1.54) is 11.1 Å². The van der Waals surface area contributed by atoms with Gasteiger partial charge in [-0.2, -0.15) is 5.26 Å². The third-order valence-corrected chi connectivity index (χ3v) is 5.49. The maximum absolute atomic E-state index is 12.7. The molecule has 5 heteroatoms. The molecule has 0 aliphatic carbocycles. The lowest BCUT2D eigenvalue weighted by molar-refractivity contribution is 0.126. The minimum atomic E-state index is -0.159. The SMILES string of the molecule is N#Cc1ccccc1NC(=O)N1CCN(C(c2ccccc2)c2ccccc2)CC1. The number of hydrogen-bond donors (Lipinski definition) is 1. The fourth-order valence-electron chi connectivity index (χ4n) is 3.95. The maximum Gasteiger partial charge on any atom is 0.321 e. The van der Waals surface area contributed by atoms with Gasteiger partial charge in [-0.3, -0.25) is 4.90 Å². The van der Waals surface area contributed by atoms with Crippen LogP contribution in [0, 0.1) is 11.3 Å². The predicted molar refractivity (Wildman–Crippen MR) is 118 cm³/mol. The van der Waals surface area contributed by atoms with Gasteiger partial charge in [-0.25, -0.2) is 4.79 Å². The summed E-state index contributed by atoms with van der Waals surface area (Å²) in [5.41, 5.74) is 3.53. The zero-order chi connectivity index (χ0) is 20.8. The first-order valence-corrected chi connectivity index (χ1v) is 10.2. The smallest absolute Gasteiger partial charge is 0.321 e. The van der Waals surface area contributed by atoms with Gasteiger partial charge in [0.25, 0.3) is 0 Å². The molecule has 0 bridgehead atoms. The zero-order valence-electron chi connectivity index (χ0n) is 16.7. The number of urea groups is 1. The monoisotopic (exact) mass is 396 g/mol. The van der Waals surface area contributed by atoms with E-state index >= 15 is 0 Å². The molecule has 1 aliphatic heterocycles. The average Bonchev–Trinajstić information content (AvgIpc) is 2.81. The van der Waals surface area contributed by atoms with Crippen molar-refractivity contribution in [3.63, 3.8) is 0 Å². The van der Waals surface area contributed by atoms with E-state index in [9.17, 15) is 10.1 Å². The molecule has 0 saturated carbocycles. The molecule has 5 nitrogen and oxygen atoms in total. The molecule has 1 aliphatic rings. The number of para-hydroxylation sites is 1. The van der Waals surface area contributed by atoms with Crippen LogP contribution in [0.3, 0.4) is 0 Å². The van der Waals surface area contributed by atoms with E-state index < -0.39 is 0 Å². The Morgan fingerprint density at radius 1 is 0.800 bits per heavy atom. The Morgan fingerprint density at radius 2 is 1.33 bits per heavy atom. The van der Waals surface area contributed by atoms with Crippen LogP contribution in [-0.4, -0.2) is 42.0 Å². The molecule has 4 rings (SSSR count). The highest BCUT2D eigenvalue weighted by Gasteiger charge is 2.28. The molecule has 150 valence electrons. The van der Waals surface area contributed by atoms with E-state index in [-0.39, 0.29) is 12.1 Å². The number of nitriles is 1. The van der Waals surface area contributed by atoms with Crippen molar-refractivity contribution < 1.29 is 4.79 Å². The van der Waals surface area contributed by atoms with E-state index in [1.54, 1.807) is 18.2 Å². The highest BCUT2D eigenvalue weighted by atomic mass is 16.2. The summed E-state index contributed by atoms with van der Waals surface area (Å²) >= 11 is 0. The van der Waals surface area contributed by atoms with Crippen LogP contribution in [0.2, 0.25) is 0 Å². The Kier molecular flexibility index (Phi) is 6.07. The molecular weight excluding hydrogens is 372 g/mol. The van der Waals surface area contributed by atoms with Crippen molar-refractivity contribution >= 4 is 11.7 Å². The number of hydrogen-bond acceptors (Lipinski definition) is 3. The second kappa shape index (κ2) is 9.25. The van der Waals surface area contributed by atoms with Gasteiger partial charge in [0, 0.05) is 26.2 Å². The van der Waals surface area contributed by atoms with Gasteiger partial charge in [0.1, 0.15) is 6.07 Å². The molecule has 30 heavy (non-hydrogen) atoms. The van der Waals surface area contributed by atoms with Crippen molar-refractivity contribution in [3.05, 3.63) is 102 Å². The van der Waals surface area contributed by atoms with E-state index in [1.807, 2.05) is 23.1 Å². The van der Waals surface area contributed by atoms with Gasteiger partial charge in [-0.1, -0.05) is 72.8 Å². The second-order valence-corrected chi connectivity index (χ2v) is 7.33. The lowest BCUT2D eigenvalue weighted by atomic mass is 9.96. The lowest BCUT2D eigenvalue weighted by Crippen LogP contribution is -2.51. The number of anilines is 1. The van der Waals surface area contributed by atoms with Gasteiger partial charge in [-0.05, 0) is 23.3 Å². The number of carbonyl (C=O) groups excluding carboxylic acids is 1. The molecule has 1 saturated heterocycles. The molecular formula is C25H24N4O. The molecule has 0 spiro atoms. The Labute approximate surface area is 177 Å². The summed E-state index contributed by atoms with van der Waals surface area (Å²) in [6, 6.07) is 30.2. The highest BCUT2D eigenvalue weighted by molar-refractivity contribution is 5.90. The van der Waals surface area contributed by atoms with Gasteiger partial charge < -0.3 is 10.2 Å². The molecule has 0 atom stereocenters. The Balaban J connectivity index is 1.46. The van der Waals surface area contributed by atoms with Crippen molar-refractivity contribution in [2.24, 2.45) is 0 Å². The van der Waals surface area contributed by atoms with Crippen LogP contribution in [0.25, 0.3) is 0 Å². The predicted octanol–water partition coefficient (Wildman–Crippen LogP) is 4.50. The summed E-state index contributed by atoms with van der Waals surface area (Å²) in [6.45, 7) is 2.83. The quantitative estimate of drug-likeness (QED) is 0.706. The largest absolute Gasteiger partial charge is 0.322 e. The summed E-state index contributed by atoms with van der Waals surface area (Å²) in [4.78, 5) is 17.0. The molecule has 3 aromatic rings. The molecule has 2 amide bonds. The first-order valence-electron chi connectivity index (χ1n) is 10.2. The lowest BCUT2D eigenvalue weighted by Gasteiger charge is -2.39. The van der Waals surface area contributed by atoms with Crippen LogP contribution >= 0.6 is 0 Å². The fourth-order valence-corrected chi connectivity index (χ4v) is 3.95. The molecule has 0 radical (unpaired) electrons. The van der Waals surface area contributed by atoms with Crippen LogP contribution in [-0.2, 0) is 0 Å². The average molecular weight is 396 g/mol. The van der Waals surface area contributed by atoms with E-state index in [0.29, 0.717) is 24.3 Å². The first-order chi connectivity index (χ1) is 14.8. The number of carbonyl (C=O) groups is 1. The van der Waals surface area contributed by atoms with Crippen molar-refractivity contribution in [1.82, 2.24) is 9.80 Å². The summed E-state index contributed by atoms with van der Waals surface area (Å²) in [5.74, 6) is 0. The molecule has 1 N–H and O–H groups in total. The third-order valence-electron chi connectivity index (χ3n) is 5.49. The summed E-state index contributed by atoms with van der Waals surface area (Å²) in [6.07, 6.45) is 0. The first kappa shape index (κ1) is 19.7. The Morgan fingerprint density at radius 3 is 1.90 bits per heavy atom. The third kappa shape index (κ3) is 4.35. The standard InChI is InChI=1S/C25H24N4O/c26-19-22-13-7-8-14-23(22)27-25(30)29-17-15-28(16-18-29)24(20-9-3-1-4-10-20)21-11-5-2-6-12-21/h1-14,24H,15-18H2,(H,27,30). The molecule has 3 aromatic carbocycles. The van der Waals surface area contributed by atoms with Gasteiger partial charge in [0.05, 0.1) is 17.3 Å². The van der Waals surface area contributed by atoms with Gasteiger partial charge in [-0.15, -0.1) is 0 Å². The molecule has 0 unspecified atom stereocenters. The number of piperazine rings is 1. The van der Waals surface area contributed by atoms with Crippen LogP contribution in [0.1, 0.15) is 22.7 Å². The summed E-state index contributed by atoms with van der Waals surface area (Å²) in [7, 11) is 0. The number of nitrogens with one attached hydrogen (secondary N) is 1. The topological polar surface area (TPSA) is 59.4 Å². The summed E-state index contributed by atoms with van der Waals surface area (Å²) < 4.78 is 0. The van der Waals surface area contributed by atoms with Crippen molar-refractivity contribution in [1.29, 1.82) is 5.26 Å². The molecule has 1 fully saturated rings. The van der Waals surface area contributed by atoms with Crippen LogP contribution in [0.5, 0.6) is 0 Å². The van der Waals surface area contributed by atoms with Gasteiger partial charge >= 0.3 is 6.03 Å². The molecule has 1 heterocycles. The zero-order valence-corrected chi connectivity index (χ0v) is 16.7. The number of benzene rings is 3. The number of nitrogens with zero attached hydrogens (tertiary/aromatic N) is 3. The second-order valence-electron chi connectivity index (χ2n) is 7.33. The van der Waals surface area contributed by atoms with Crippen LogP contribution in [0.15, 0.2) is 84.9 Å². The van der Waals surface area contributed by atoms with Crippen molar-refractivity contribution in [3.8, 4) is 6.07 Å².